The van der Waals surface area contributed by atoms with Crippen LogP contribution in [0.25, 0.3) is 0 Å². The van der Waals surface area contributed by atoms with Gasteiger partial charge >= 0.3 is 0 Å². The quantitative estimate of drug-likeness (QED) is 0.906. The fraction of sp³-hybridized carbons (Fsp3) is 0.500. The van der Waals surface area contributed by atoms with Gasteiger partial charge in [-0.3, -0.25) is 4.79 Å². The lowest BCUT2D eigenvalue weighted by molar-refractivity contribution is 0.0741. The molecular weight excluding hydrogens is 244 g/mol. The molecule has 3 nitrogen and oxygen atoms in total. The molecule has 0 radical (unpaired) electrons. The van der Waals surface area contributed by atoms with Crippen LogP contribution in [0.1, 0.15) is 28.8 Å². The summed E-state index contributed by atoms with van der Waals surface area (Å²) in [6.45, 7) is 1.41. The largest absolute Gasteiger partial charge is 0.334 e. The van der Waals surface area contributed by atoms with E-state index in [1.807, 2.05) is 29.2 Å². The first kappa shape index (κ1) is 13.4. The van der Waals surface area contributed by atoms with Crippen LogP contribution in [0.5, 0.6) is 0 Å². The Morgan fingerprint density at radius 1 is 1.44 bits per heavy atom. The van der Waals surface area contributed by atoms with Gasteiger partial charge in [0.05, 0.1) is 0 Å². The molecule has 98 valence electrons. The normalized spacial score (nSPS) is 19.2. The minimum absolute atomic E-state index is 0.124. The van der Waals surface area contributed by atoms with Crippen molar-refractivity contribution in [3.05, 3.63) is 35.4 Å². The van der Waals surface area contributed by atoms with Crippen molar-refractivity contribution in [3.63, 3.8) is 0 Å². The zero-order valence-electron chi connectivity index (χ0n) is 10.8. The first-order valence-corrected chi connectivity index (χ1v) is 7.74. The molecule has 2 N–H and O–H groups in total. The van der Waals surface area contributed by atoms with Crippen molar-refractivity contribution >= 4 is 17.7 Å². The van der Waals surface area contributed by atoms with E-state index in [2.05, 4.69) is 6.26 Å². The summed E-state index contributed by atoms with van der Waals surface area (Å²) < 4.78 is 0. The standard InChI is InChI=1S/C14H20N2OS/c1-18-10-11-4-6-12(7-5-11)14(17)16-8-2-3-13(16)9-15/h4-7,13H,2-3,8-10,15H2,1H3/t13-/m1/s1. The van der Waals surface area contributed by atoms with Crippen LogP contribution >= 0.6 is 11.8 Å². The molecule has 0 saturated carbocycles. The van der Waals surface area contributed by atoms with Crippen molar-refractivity contribution < 1.29 is 4.79 Å². The summed E-state index contributed by atoms with van der Waals surface area (Å²) in [5, 5.41) is 0. The van der Waals surface area contributed by atoms with Crippen molar-refractivity contribution in [3.8, 4) is 0 Å². The van der Waals surface area contributed by atoms with Crippen molar-refractivity contribution in [2.75, 3.05) is 19.3 Å². The number of carbonyl (C=O) groups is 1. The molecule has 1 atom stereocenters. The van der Waals surface area contributed by atoms with Crippen molar-refractivity contribution in [2.24, 2.45) is 5.73 Å². The number of carbonyl (C=O) groups excluding carboxylic acids is 1. The van der Waals surface area contributed by atoms with E-state index in [1.54, 1.807) is 11.8 Å². The molecule has 1 amide bonds. The first-order chi connectivity index (χ1) is 8.76. The van der Waals surface area contributed by atoms with E-state index in [-0.39, 0.29) is 11.9 Å². The predicted octanol–water partition coefficient (Wildman–Crippen LogP) is 2.11. The van der Waals surface area contributed by atoms with E-state index in [9.17, 15) is 4.79 Å². The smallest absolute Gasteiger partial charge is 0.254 e. The van der Waals surface area contributed by atoms with Gasteiger partial charge in [0, 0.05) is 30.4 Å². The Labute approximate surface area is 113 Å². The van der Waals surface area contributed by atoms with Crippen LogP contribution < -0.4 is 5.73 Å². The average Bonchev–Trinajstić information content (AvgIpc) is 2.87. The molecule has 0 unspecified atom stereocenters. The number of rotatable bonds is 4. The maximum Gasteiger partial charge on any atom is 0.254 e. The zero-order chi connectivity index (χ0) is 13.0. The van der Waals surface area contributed by atoms with E-state index < -0.39 is 0 Å². The van der Waals surface area contributed by atoms with E-state index in [1.165, 1.54) is 5.56 Å². The fourth-order valence-electron chi connectivity index (χ4n) is 2.42. The minimum atomic E-state index is 0.124. The van der Waals surface area contributed by atoms with Crippen LogP contribution in [0.2, 0.25) is 0 Å². The molecule has 2 rings (SSSR count). The van der Waals surface area contributed by atoms with Crippen LogP contribution in [-0.2, 0) is 5.75 Å². The molecule has 1 aromatic rings. The van der Waals surface area contributed by atoms with Gasteiger partial charge in [0.1, 0.15) is 0 Å². The molecular formula is C14H20N2OS. The molecule has 18 heavy (non-hydrogen) atoms. The van der Waals surface area contributed by atoms with Gasteiger partial charge in [-0.05, 0) is 36.8 Å². The highest BCUT2D eigenvalue weighted by Gasteiger charge is 2.28. The molecule has 1 saturated heterocycles. The van der Waals surface area contributed by atoms with Crippen LogP contribution in [-0.4, -0.2) is 36.2 Å². The van der Waals surface area contributed by atoms with Crippen LogP contribution in [0.3, 0.4) is 0 Å². The van der Waals surface area contributed by atoms with Crippen LogP contribution in [0.15, 0.2) is 24.3 Å². The second-order valence-corrected chi connectivity index (χ2v) is 5.53. The van der Waals surface area contributed by atoms with E-state index in [0.29, 0.717) is 6.54 Å². The van der Waals surface area contributed by atoms with Crippen molar-refractivity contribution in [1.82, 2.24) is 4.90 Å². The van der Waals surface area contributed by atoms with Crippen LogP contribution in [0.4, 0.5) is 0 Å². The van der Waals surface area contributed by atoms with Gasteiger partial charge in [-0.2, -0.15) is 11.8 Å². The summed E-state index contributed by atoms with van der Waals surface area (Å²) in [7, 11) is 0. The third kappa shape index (κ3) is 2.87. The van der Waals surface area contributed by atoms with Gasteiger partial charge in [-0.1, -0.05) is 12.1 Å². The number of nitrogens with two attached hydrogens (primary N) is 1. The Balaban J connectivity index is 2.08. The van der Waals surface area contributed by atoms with Gasteiger partial charge in [0.25, 0.3) is 5.91 Å². The Kier molecular flexibility index (Phi) is 4.66. The number of hydrogen-bond acceptors (Lipinski definition) is 3. The van der Waals surface area contributed by atoms with Gasteiger partial charge < -0.3 is 10.6 Å². The SMILES string of the molecule is CSCc1ccc(C(=O)N2CCC[C@@H]2CN)cc1. The number of nitrogens with zero attached hydrogens (tertiary/aromatic N) is 1. The summed E-state index contributed by atoms with van der Waals surface area (Å²) in [4.78, 5) is 14.3. The highest BCUT2D eigenvalue weighted by Crippen LogP contribution is 2.20. The van der Waals surface area contributed by atoms with Crippen molar-refractivity contribution in [1.29, 1.82) is 0 Å². The summed E-state index contributed by atoms with van der Waals surface area (Å²) >= 11 is 1.79. The van der Waals surface area contributed by atoms with E-state index in [0.717, 1.165) is 30.7 Å². The van der Waals surface area contributed by atoms with Crippen molar-refractivity contribution in [2.45, 2.75) is 24.6 Å². The highest BCUT2D eigenvalue weighted by molar-refractivity contribution is 7.97. The molecule has 0 aromatic heterocycles. The monoisotopic (exact) mass is 264 g/mol. The molecule has 1 heterocycles. The summed E-state index contributed by atoms with van der Waals surface area (Å²) in [6.07, 6.45) is 4.18. The third-order valence-electron chi connectivity index (χ3n) is 3.42. The highest BCUT2D eigenvalue weighted by atomic mass is 32.2. The number of thioether (sulfide) groups is 1. The Morgan fingerprint density at radius 3 is 2.78 bits per heavy atom. The lowest BCUT2D eigenvalue weighted by Gasteiger charge is -2.23. The third-order valence-corrected chi connectivity index (χ3v) is 4.04. The molecule has 0 aliphatic carbocycles. The van der Waals surface area contributed by atoms with E-state index in [4.69, 9.17) is 5.73 Å². The first-order valence-electron chi connectivity index (χ1n) is 6.35. The Hall–Kier alpha value is -1.00. The fourth-order valence-corrected chi connectivity index (χ4v) is 2.95. The second-order valence-electron chi connectivity index (χ2n) is 4.66. The molecule has 0 bridgehead atoms. The predicted molar refractivity (Wildman–Crippen MR) is 76.8 cm³/mol. The number of amides is 1. The molecule has 1 aliphatic rings. The van der Waals surface area contributed by atoms with Gasteiger partial charge in [-0.15, -0.1) is 0 Å². The van der Waals surface area contributed by atoms with Crippen LogP contribution in [0, 0.1) is 0 Å². The lowest BCUT2D eigenvalue weighted by Crippen LogP contribution is -2.39. The minimum Gasteiger partial charge on any atom is -0.334 e. The topological polar surface area (TPSA) is 46.3 Å². The Morgan fingerprint density at radius 2 is 2.17 bits per heavy atom. The average molecular weight is 264 g/mol. The molecule has 1 aromatic carbocycles. The number of benzene rings is 1. The van der Waals surface area contributed by atoms with E-state index >= 15 is 0 Å². The summed E-state index contributed by atoms with van der Waals surface area (Å²) in [6, 6.07) is 8.16. The molecule has 1 fully saturated rings. The summed E-state index contributed by atoms with van der Waals surface area (Å²) in [5.74, 6) is 1.11. The van der Waals surface area contributed by atoms with Gasteiger partial charge in [0.2, 0.25) is 0 Å². The number of likely N-dealkylation sites (tertiary alicyclic amines) is 1. The lowest BCUT2D eigenvalue weighted by atomic mass is 10.1. The van der Waals surface area contributed by atoms with Gasteiger partial charge in [0.15, 0.2) is 0 Å². The Bertz CT molecular complexity index is 405. The summed E-state index contributed by atoms with van der Waals surface area (Å²) in [5.41, 5.74) is 7.75. The molecule has 1 aliphatic heterocycles. The maximum absolute atomic E-state index is 12.4. The maximum atomic E-state index is 12.4. The van der Waals surface area contributed by atoms with Gasteiger partial charge in [-0.25, -0.2) is 0 Å². The molecule has 0 spiro atoms. The zero-order valence-corrected chi connectivity index (χ0v) is 11.6. The number of hydrogen-bond donors (Lipinski definition) is 1. The second kappa shape index (κ2) is 6.25. The molecule has 4 heteroatoms.